The van der Waals surface area contributed by atoms with Gasteiger partial charge in [-0.2, -0.15) is 26.3 Å². The molecule has 0 aliphatic carbocycles. The Hall–Kier alpha value is 0.0403. The summed E-state index contributed by atoms with van der Waals surface area (Å²) in [6.07, 6.45) is -15.5. The van der Waals surface area contributed by atoms with E-state index in [2.05, 4.69) is 24.1 Å². The monoisotopic (exact) mass is 509 g/mol. The van der Waals surface area contributed by atoms with E-state index in [0.717, 1.165) is 20.9 Å². The van der Waals surface area contributed by atoms with E-state index in [1.54, 1.807) is 20.8 Å². The van der Waals surface area contributed by atoms with Gasteiger partial charge < -0.3 is 17.6 Å². The molecular formula is C12H24F6NO2Ta-. The molecule has 22 heavy (non-hydrogen) atoms. The first-order valence-electron chi connectivity index (χ1n) is 5.62. The van der Waals surface area contributed by atoms with Crippen LogP contribution in [-0.2, 0) is 20.9 Å². The molecule has 0 saturated heterocycles. The molecule has 0 heterocycles. The van der Waals surface area contributed by atoms with E-state index in [-0.39, 0.29) is 13.0 Å². The maximum Gasteiger partial charge on any atom is 0.423 e. The van der Waals surface area contributed by atoms with Crippen molar-refractivity contribution in [2.75, 3.05) is 0 Å². The van der Waals surface area contributed by atoms with Crippen LogP contribution in [0.1, 0.15) is 41.5 Å². The molecule has 0 aromatic heterocycles. The van der Waals surface area contributed by atoms with Crippen molar-refractivity contribution in [2.45, 2.75) is 71.1 Å². The van der Waals surface area contributed by atoms with E-state index < -0.39 is 24.1 Å². The molecule has 0 aromatic carbocycles. The number of halogens is 6. The van der Waals surface area contributed by atoms with Gasteiger partial charge in [-0.05, 0) is 20.8 Å². The van der Waals surface area contributed by atoms with E-state index in [4.69, 9.17) is 10.2 Å². The van der Waals surface area contributed by atoms with Gasteiger partial charge in [0, 0.05) is 0 Å². The van der Waals surface area contributed by atoms with Crippen molar-refractivity contribution < 1.29 is 57.4 Å². The van der Waals surface area contributed by atoms with Gasteiger partial charge in [-0.25, -0.2) is 0 Å². The summed E-state index contributed by atoms with van der Waals surface area (Å²) in [5, 5.41) is 16.0. The molecule has 0 saturated carbocycles. The minimum atomic E-state index is -5.63. The normalized spacial score (nSPS) is 12.3. The van der Waals surface area contributed by atoms with E-state index >= 15 is 0 Å². The summed E-state index contributed by atoms with van der Waals surface area (Å²) in [7, 11) is 0. The zero-order chi connectivity index (χ0) is 18.3. The van der Waals surface area contributed by atoms with E-state index in [9.17, 15) is 26.3 Å². The van der Waals surface area contributed by atoms with Gasteiger partial charge >= 0.3 is 62.9 Å². The Morgan fingerprint density at radius 2 is 0.955 bits per heavy atom. The molecule has 0 amide bonds. The predicted octanol–water partition coefficient (Wildman–Crippen LogP) is 4.21. The average Bonchev–Trinajstić information content (AvgIpc) is 2.11. The first-order valence-corrected chi connectivity index (χ1v) is 7.05. The molecule has 0 fully saturated rings. The molecule has 0 aromatic rings. The smallest absolute Gasteiger partial charge is 0.377 e. The van der Waals surface area contributed by atoms with Gasteiger partial charge in [-0.1, -0.05) is 0 Å². The van der Waals surface area contributed by atoms with Crippen LogP contribution in [-0.4, -0.2) is 39.8 Å². The summed E-state index contributed by atoms with van der Waals surface area (Å²) in [5.74, 6) is 0. The number of alkyl halides is 6. The van der Waals surface area contributed by atoms with Crippen molar-refractivity contribution >= 4 is 0 Å². The molecule has 0 rings (SSSR count). The zero-order valence-electron chi connectivity index (χ0n) is 13.6. The summed E-state index contributed by atoms with van der Waals surface area (Å²) in [4.78, 5) is 0. The minimum Gasteiger partial charge on any atom is -0.377 e. The van der Waals surface area contributed by atoms with Crippen molar-refractivity contribution in [3.8, 4) is 0 Å². The van der Waals surface area contributed by atoms with Gasteiger partial charge in [0.05, 0.1) is 5.60 Å². The van der Waals surface area contributed by atoms with Gasteiger partial charge in [0.25, 0.3) is 0 Å². The fourth-order valence-corrected chi connectivity index (χ4v) is 0.186. The second kappa shape index (κ2) is 10.7. The molecule has 137 valence electrons. The second-order valence-electron chi connectivity index (χ2n) is 5.93. The Bertz CT molecular complexity index is 272. The van der Waals surface area contributed by atoms with Crippen LogP contribution in [0.5, 0.6) is 0 Å². The summed E-state index contributed by atoms with van der Waals surface area (Å²) < 4.78 is 70.0. The fourth-order valence-electron chi connectivity index (χ4n) is 0.186. The predicted molar refractivity (Wildman–Crippen MR) is 68.7 cm³/mol. The van der Waals surface area contributed by atoms with Gasteiger partial charge in [0.1, 0.15) is 0 Å². The average molecular weight is 509 g/mol. The van der Waals surface area contributed by atoms with Crippen LogP contribution in [0.3, 0.4) is 0 Å². The number of aliphatic hydroxyl groups excluding tert-OH is 1. The van der Waals surface area contributed by atoms with Crippen molar-refractivity contribution in [1.29, 1.82) is 0 Å². The third kappa shape index (κ3) is 32.1. The molecule has 0 unspecified atom stereocenters. The third-order valence-electron chi connectivity index (χ3n) is 0.920. The molecule has 0 atom stereocenters. The van der Waals surface area contributed by atoms with Crippen molar-refractivity contribution in [2.24, 2.45) is 3.34 Å². The quantitative estimate of drug-likeness (QED) is 0.380. The van der Waals surface area contributed by atoms with Crippen LogP contribution in [0.2, 0.25) is 0 Å². The van der Waals surface area contributed by atoms with Crippen molar-refractivity contribution in [3.63, 3.8) is 0 Å². The molecule has 0 aliphatic rings. The van der Waals surface area contributed by atoms with E-state index in [1.807, 2.05) is 0 Å². The molecule has 0 radical (unpaired) electrons. The third-order valence-corrected chi connectivity index (χ3v) is 3.08. The van der Waals surface area contributed by atoms with Gasteiger partial charge in [-0.3, -0.25) is 0 Å². The molecule has 3 nitrogen and oxygen atoms in total. The Labute approximate surface area is 139 Å². The van der Waals surface area contributed by atoms with Gasteiger partial charge in [0.2, 0.25) is 6.10 Å². The topological polar surface area (TPSA) is 52.8 Å². The number of hydrogen-bond donors (Lipinski definition) is 2. The van der Waals surface area contributed by atoms with Gasteiger partial charge in [-0.15, -0.1) is 0 Å². The number of aliphatic hydroxyl groups is 2. The Morgan fingerprint density at radius 3 is 0.955 bits per heavy atom. The van der Waals surface area contributed by atoms with Crippen molar-refractivity contribution in [3.05, 3.63) is 7.43 Å². The zero-order valence-corrected chi connectivity index (χ0v) is 16.8. The summed E-state index contributed by atoms with van der Waals surface area (Å²) >= 11 is 1.15. The Morgan fingerprint density at radius 1 is 0.818 bits per heavy atom. The molecule has 0 spiro atoms. The first kappa shape index (κ1) is 30.0. The Balaban J connectivity index is -0.000000117. The number of hydrogen-bond acceptors (Lipinski definition) is 3. The SMILES string of the molecule is CC(C)(C)O.CC(C)(C)[N]=[Ta].OC(C(F)(F)F)C(F)(F)F.[CH3-]. The van der Waals surface area contributed by atoms with Crippen molar-refractivity contribution in [1.82, 2.24) is 0 Å². The van der Waals surface area contributed by atoms with E-state index in [0.29, 0.717) is 0 Å². The molecule has 0 bridgehead atoms. The molecule has 10 heteroatoms. The van der Waals surface area contributed by atoms with Crippen LogP contribution < -0.4 is 0 Å². The molecular weight excluding hydrogens is 485 g/mol. The molecule has 2 N–H and O–H groups in total. The second-order valence-corrected chi connectivity index (χ2v) is 6.65. The van der Waals surface area contributed by atoms with Gasteiger partial charge in [0.15, 0.2) is 0 Å². The summed E-state index contributed by atoms with van der Waals surface area (Å²) in [5.41, 5.74) is -0.284. The minimum absolute atomic E-state index is 0. The number of rotatable bonds is 0. The summed E-state index contributed by atoms with van der Waals surface area (Å²) in [6.45, 7) is 11.5. The van der Waals surface area contributed by atoms with Crippen LogP contribution in [0.4, 0.5) is 26.3 Å². The standard InChI is InChI=1S/C4H9N.C4H10O.C3H2F6O.CH3.Ta/c2*1-4(2,3)5;4-2(5,6)1(10)3(7,8)9;;/h1-3H3;5H,1-3H3;1,10H;1H3;/q;;;-1;. The fraction of sp³-hybridized carbons (Fsp3) is 0.917. The van der Waals surface area contributed by atoms with Crippen LogP contribution in [0.15, 0.2) is 3.34 Å². The van der Waals surface area contributed by atoms with Crippen LogP contribution in [0, 0.1) is 7.43 Å². The van der Waals surface area contributed by atoms with E-state index in [1.165, 1.54) is 0 Å². The first-order chi connectivity index (χ1) is 8.72. The van der Waals surface area contributed by atoms with Crippen LogP contribution in [0.25, 0.3) is 0 Å². The maximum absolute atomic E-state index is 11.0. The maximum atomic E-state index is 11.0. The Kier molecular flexibility index (Phi) is 14.6. The summed E-state index contributed by atoms with van der Waals surface area (Å²) in [6, 6.07) is 0. The largest absolute Gasteiger partial charge is 0.423 e. The van der Waals surface area contributed by atoms with Crippen LogP contribution >= 0.6 is 0 Å². The molecule has 0 aliphatic heterocycles. The number of nitrogens with zero attached hydrogens (tertiary/aromatic N) is 1.